The molecule has 0 bridgehead atoms. The summed E-state index contributed by atoms with van der Waals surface area (Å²) in [5.74, 6) is 2.23. The van der Waals surface area contributed by atoms with Crippen molar-refractivity contribution in [3.05, 3.63) is 30.1 Å². The minimum Gasteiger partial charge on any atom is -0.367 e. The summed E-state index contributed by atoms with van der Waals surface area (Å²) in [6, 6.07) is 4.90. The Morgan fingerprint density at radius 3 is 2.35 bits per heavy atom. The summed E-state index contributed by atoms with van der Waals surface area (Å²) in [5, 5.41) is 7.10. The Balaban J connectivity index is 1.83. The molecule has 2 aromatic rings. The fraction of sp³-hybridized carbons (Fsp3) is 0.654. The minimum atomic E-state index is 0.489. The van der Waals surface area contributed by atoms with Crippen molar-refractivity contribution in [3.63, 3.8) is 0 Å². The van der Waals surface area contributed by atoms with E-state index in [2.05, 4.69) is 54.7 Å². The van der Waals surface area contributed by atoms with Crippen LogP contribution in [0.1, 0.15) is 103 Å². The van der Waals surface area contributed by atoms with Gasteiger partial charge in [0.2, 0.25) is 5.95 Å². The fourth-order valence-electron chi connectivity index (χ4n) is 4.56. The molecule has 0 radical (unpaired) electrons. The minimum absolute atomic E-state index is 0.489. The summed E-state index contributed by atoms with van der Waals surface area (Å²) < 4.78 is 0. The Labute approximate surface area is 188 Å². The highest BCUT2D eigenvalue weighted by atomic mass is 15.1. The highest BCUT2D eigenvalue weighted by molar-refractivity contribution is 5.73. The van der Waals surface area contributed by atoms with Crippen LogP contribution in [0.15, 0.2) is 24.5 Å². The van der Waals surface area contributed by atoms with E-state index < -0.39 is 0 Å². The van der Waals surface area contributed by atoms with E-state index in [0.29, 0.717) is 17.9 Å². The fourth-order valence-corrected chi connectivity index (χ4v) is 4.56. The predicted molar refractivity (Wildman–Crippen MR) is 132 cm³/mol. The second-order valence-electron chi connectivity index (χ2n) is 8.97. The smallest absolute Gasteiger partial charge is 0.224 e. The summed E-state index contributed by atoms with van der Waals surface area (Å²) in [5.41, 5.74) is 3.31. The Hall–Kier alpha value is -2.17. The molecule has 0 atom stereocenters. The van der Waals surface area contributed by atoms with E-state index in [9.17, 15) is 0 Å². The van der Waals surface area contributed by atoms with E-state index >= 15 is 0 Å². The van der Waals surface area contributed by atoms with Gasteiger partial charge in [-0.25, -0.2) is 4.98 Å². The molecule has 3 rings (SSSR count). The number of rotatable bonds is 12. The van der Waals surface area contributed by atoms with Gasteiger partial charge in [-0.1, -0.05) is 65.4 Å². The maximum absolute atomic E-state index is 4.86. The molecule has 0 aliphatic heterocycles. The number of aromatic nitrogens is 3. The van der Waals surface area contributed by atoms with Crippen LogP contribution in [0.4, 0.5) is 11.8 Å². The van der Waals surface area contributed by atoms with E-state index in [0.717, 1.165) is 36.5 Å². The third-order valence-electron chi connectivity index (χ3n) is 6.36. The molecule has 170 valence electrons. The predicted octanol–water partition coefficient (Wildman–Crippen LogP) is 7.18. The molecule has 1 fully saturated rings. The first kappa shape index (κ1) is 23.5. The Bertz CT molecular complexity index is 762. The van der Waals surface area contributed by atoms with Gasteiger partial charge in [0.05, 0.1) is 11.3 Å². The number of nitrogens with zero attached hydrogens (tertiary/aromatic N) is 3. The first-order valence-electron chi connectivity index (χ1n) is 12.6. The first-order valence-corrected chi connectivity index (χ1v) is 12.6. The molecule has 0 aromatic carbocycles. The van der Waals surface area contributed by atoms with E-state index in [1.807, 2.05) is 6.20 Å². The van der Waals surface area contributed by atoms with Crippen LogP contribution in [0.5, 0.6) is 0 Å². The normalized spacial score (nSPS) is 14.7. The molecule has 5 heteroatoms. The lowest BCUT2D eigenvalue weighted by molar-refractivity contribution is 0.462. The zero-order valence-corrected chi connectivity index (χ0v) is 19.8. The van der Waals surface area contributed by atoms with Crippen LogP contribution < -0.4 is 10.6 Å². The van der Waals surface area contributed by atoms with Crippen molar-refractivity contribution < 1.29 is 0 Å². The third kappa shape index (κ3) is 6.91. The van der Waals surface area contributed by atoms with Crippen molar-refractivity contribution in [2.24, 2.45) is 0 Å². The highest BCUT2D eigenvalue weighted by Gasteiger charge is 2.18. The molecule has 2 heterocycles. The lowest BCUT2D eigenvalue weighted by Crippen LogP contribution is -2.23. The quantitative estimate of drug-likeness (QED) is 0.354. The zero-order valence-electron chi connectivity index (χ0n) is 19.8. The van der Waals surface area contributed by atoms with Crippen molar-refractivity contribution in [3.8, 4) is 11.3 Å². The number of hydrogen-bond donors (Lipinski definition) is 2. The Morgan fingerprint density at radius 1 is 0.935 bits per heavy atom. The number of hydrogen-bond acceptors (Lipinski definition) is 5. The van der Waals surface area contributed by atoms with Crippen LogP contribution >= 0.6 is 0 Å². The van der Waals surface area contributed by atoms with Crippen molar-refractivity contribution in [2.45, 2.75) is 103 Å². The van der Waals surface area contributed by atoms with Crippen LogP contribution in [-0.4, -0.2) is 27.5 Å². The van der Waals surface area contributed by atoms with E-state index in [-0.39, 0.29) is 0 Å². The molecule has 5 nitrogen and oxygen atoms in total. The van der Waals surface area contributed by atoms with E-state index in [1.165, 1.54) is 63.4 Å². The maximum atomic E-state index is 4.86. The van der Waals surface area contributed by atoms with Crippen molar-refractivity contribution in [1.82, 2.24) is 15.0 Å². The Kier molecular flexibility index (Phi) is 9.57. The van der Waals surface area contributed by atoms with Gasteiger partial charge in [0, 0.05) is 25.0 Å². The summed E-state index contributed by atoms with van der Waals surface area (Å²) in [6.45, 7) is 7.63. The van der Waals surface area contributed by atoms with Gasteiger partial charge < -0.3 is 10.6 Å². The lowest BCUT2D eigenvalue weighted by Gasteiger charge is -2.24. The molecule has 2 aromatic heterocycles. The highest BCUT2D eigenvalue weighted by Crippen LogP contribution is 2.31. The summed E-state index contributed by atoms with van der Waals surface area (Å²) >= 11 is 0. The first-order chi connectivity index (χ1) is 15.2. The molecule has 0 amide bonds. The molecule has 0 unspecified atom stereocenters. The summed E-state index contributed by atoms with van der Waals surface area (Å²) in [7, 11) is 0. The average molecular weight is 424 g/mol. The van der Waals surface area contributed by atoms with Crippen LogP contribution in [0.25, 0.3) is 11.3 Å². The van der Waals surface area contributed by atoms with Crippen LogP contribution in [0.2, 0.25) is 0 Å². The standard InChI is InChI=1S/C26H41N5/c1-4-7-17-27-26-29-19-23(25(31-26)30-22-13-9-8-10-14-22)24-16-15-21(18-28-24)20(11-5-2)12-6-3/h15-16,18-20,22H,4-14,17H2,1-3H3,(H2,27,29,30,31). The van der Waals surface area contributed by atoms with Crippen molar-refractivity contribution >= 4 is 11.8 Å². The van der Waals surface area contributed by atoms with Crippen LogP contribution in [-0.2, 0) is 0 Å². The SMILES string of the molecule is CCCCNc1ncc(-c2ccc(C(CCC)CCC)cn2)c(NC2CCCCC2)n1. The van der Waals surface area contributed by atoms with Gasteiger partial charge in [-0.3, -0.25) is 4.98 Å². The summed E-state index contributed by atoms with van der Waals surface area (Å²) in [6.07, 6.45) is 17.5. The van der Waals surface area contributed by atoms with Crippen molar-refractivity contribution in [1.29, 1.82) is 0 Å². The molecular weight excluding hydrogens is 382 g/mol. The summed E-state index contributed by atoms with van der Waals surface area (Å²) in [4.78, 5) is 14.3. The molecule has 0 saturated heterocycles. The number of unbranched alkanes of at least 4 members (excludes halogenated alkanes) is 1. The van der Waals surface area contributed by atoms with Crippen LogP contribution in [0, 0.1) is 0 Å². The second kappa shape index (κ2) is 12.6. The van der Waals surface area contributed by atoms with Crippen LogP contribution in [0.3, 0.4) is 0 Å². The van der Waals surface area contributed by atoms with Gasteiger partial charge >= 0.3 is 0 Å². The lowest BCUT2D eigenvalue weighted by atomic mass is 9.91. The van der Waals surface area contributed by atoms with Gasteiger partial charge in [0.1, 0.15) is 5.82 Å². The molecular formula is C26H41N5. The van der Waals surface area contributed by atoms with Gasteiger partial charge in [-0.15, -0.1) is 0 Å². The van der Waals surface area contributed by atoms with Gasteiger partial charge in [-0.2, -0.15) is 4.98 Å². The average Bonchev–Trinajstić information content (AvgIpc) is 2.80. The maximum Gasteiger partial charge on any atom is 0.224 e. The monoisotopic (exact) mass is 423 g/mol. The van der Waals surface area contributed by atoms with Gasteiger partial charge in [-0.05, 0) is 49.7 Å². The van der Waals surface area contributed by atoms with E-state index in [1.54, 1.807) is 0 Å². The number of anilines is 2. The largest absolute Gasteiger partial charge is 0.367 e. The molecule has 0 spiro atoms. The molecule has 1 aliphatic carbocycles. The number of nitrogens with one attached hydrogen (secondary N) is 2. The van der Waals surface area contributed by atoms with Gasteiger partial charge in [0.15, 0.2) is 0 Å². The molecule has 2 N–H and O–H groups in total. The molecule has 1 saturated carbocycles. The van der Waals surface area contributed by atoms with Gasteiger partial charge in [0.25, 0.3) is 0 Å². The zero-order chi connectivity index (χ0) is 21.9. The molecule has 1 aliphatic rings. The Morgan fingerprint density at radius 2 is 1.71 bits per heavy atom. The second-order valence-corrected chi connectivity index (χ2v) is 8.97. The van der Waals surface area contributed by atoms with Crippen molar-refractivity contribution in [2.75, 3.05) is 17.2 Å². The van der Waals surface area contributed by atoms with E-state index in [4.69, 9.17) is 9.97 Å². The number of pyridine rings is 1. The molecule has 31 heavy (non-hydrogen) atoms. The third-order valence-corrected chi connectivity index (χ3v) is 6.36. The topological polar surface area (TPSA) is 62.7 Å².